The number of rotatable bonds is 5. The maximum Gasteiger partial charge on any atom is 0.270 e. The Balaban J connectivity index is 2.19. The molecule has 0 unspecified atom stereocenters. The standard InChI is InChI=1S/C20H22N2O4/c1-20(2,3)15-9-10-18(26-4)17(13-15)21-19(23)11-8-14-6-5-7-16(12-14)22(24)25/h5-13H,1-4H3,(H,21,23)/b11-8+. The van der Waals surface area contributed by atoms with Crippen molar-refractivity contribution in [1.82, 2.24) is 0 Å². The molecule has 0 aliphatic carbocycles. The van der Waals surface area contributed by atoms with Gasteiger partial charge in [-0.2, -0.15) is 0 Å². The lowest BCUT2D eigenvalue weighted by Gasteiger charge is -2.21. The normalized spacial score (nSPS) is 11.4. The van der Waals surface area contributed by atoms with Gasteiger partial charge in [0.2, 0.25) is 5.91 Å². The zero-order chi connectivity index (χ0) is 19.3. The second kappa shape index (κ2) is 7.82. The molecule has 0 aromatic heterocycles. The molecule has 1 N–H and O–H groups in total. The van der Waals surface area contributed by atoms with Crippen molar-refractivity contribution in [2.75, 3.05) is 12.4 Å². The molecule has 0 fully saturated rings. The molecule has 2 rings (SSSR count). The first-order chi connectivity index (χ1) is 12.2. The Morgan fingerprint density at radius 1 is 1.19 bits per heavy atom. The first kappa shape index (κ1) is 19.2. The Kier molecular flexibility index (Phi) is 5.77. The van der Waals surface area contributed by atoms with Crippen LogP contribution in [0.4, 0.5) is 11.4 Å². The van der Waals surface area contributed by atoms with Crippen LogP contribution in [0, 0.1) is 10.1 Å². The van der Waals surface area contributed by atoms with E-state index in [1.807, 2.05) is 18.2 Å². The van der Waals surface area contributed by atoms with Crippen molar-refractivity contribution >= 4 is 23.4 Å². The summed E-state index contributed by atoms with van der Waals surface area (Å²) in [6.45, 7) is 6.26. The van der Waals surface area contributed by atoms with Crippen LogP contribution in [0.5, 0.6) is 5.75 Å². The molecule has 0 atom stereocenters. The monoisotopic (exact) mass is 354 g/mol. The van der Waals surface area contributed by atoms with Crippen LogP contribution in [0.2, 0.25) is 0 Å². The van der Waals surface area contributed by atoms with Crippen LogP contribution < -0.4 is 10.1 Å². The topological polar surface area (TPSA) is 81.5 Å². The molecule has 0 bridgehead atoms. The van der Waals surface area contributed by atoms with Gasteiger partial charge in [-0.1, -0.05) is 39.0 Å². The molecule has 0 aliphatic rings. The molecule has 2 aromatic rings. The fraction of sp³-hybridized carbons (Fsp3) is 0.250. The van der Waals surface area contributed by atoms with E-state index in [9.17, 15) is 14.9 Å². The first-order valence-corrected chi connectivity index (χ1v) is 8.13. The summed E-state index contributed by atoms with van der Waals surface area (Å²) in [5.74, 6) is 0.218. The highest BCUT2D eigenvalue weighted by Crippen LogP contribution is 2.31. The molecule has 0 saturated heterocycles. The number of anilines is 1. The van der Waals surface area contributed by atoms with E-state index in [-0.39, 0.29) is 17.0 Å². The molecule has 26 heavy (non-hydrogen) atoms. The maximum absolute atomic E-state index is 12.2. The van der Waals surface area contributed by atoms with Crippen LogP contribution in [0.3, 0.4) is 0 Å². The van der Waals surface area contributed by atoms with Gasteiger partial charge in [-0.3, -0.25) is 14.9 Å². The summed E-state index contributed by atoms with van der Waals surface area (Å²) >= 11 is 0. The predicted octanol–water partition coefficient (Wildman–Crippen LogP) is 4.55. The van der Waals surface area contributed by atoms with Gasteiger partial charge < -0.3 is 10.1 Å². The molecule has 0 heterocycles. The number of nitrogens with zero attached hydrogens (tertiary/aromatic N) is 1. The third-order valence-corrected chi connectivity index (χ3v) is 3.83. The lowest BCUT2D eigenvalue weighted by atomic mass is 9.87. The second-order valence-corrected chi connectivity index (χ2v) is 6.84. The van der Waals surface area contributed by atoms with Crippen molar-refractivity contribution in [1.29, 1.82) is 0 Å². The van der Waals surface area contributed by atoms with Gasteiger partial charge in [0, 0.05) is 18.2 Å². The molecule has 0 aliphatic heterocycles. The van der Waals surface area contributed by atoms with Crippen LogP contribution in [0.25, 0.3) is 6.08 Å². The number of hydrogen-bond donors (Lipinski definition) is 1. The number of carbonyl (C=O) groups is 1. The molecule has 6 heteroatoms. The van der Waals surface area contributed by atoms with Crippen molar-refractivity contribution in [2.24, 2.45) is 0 Å². The summed E-state index contributed by atoms with van der Waals surface area (Å²) < 4.78 is 5.30. The number of ether oxygens (including phenoxy) is 1. The lowest BCUT2D eigenvalue weighted by Crippen LogP contribution is -2.14. The van der Waals surface area contributed by atoms with Gasteiger partial charge in [-0.25, -0.2) is 0 Å². The lowest BCUT2D eigenvalue weighted by molar-refractivity contribution is -0.384. The van der Waals surface area contributed by atoms with Gasteiger partial charge in [0.1, 0.15) is 5.75 Å². The summed E-state index contributed by atoms with van der Waals surface area (Å²) in [4.78, 5) is 22.6. The van der Waals surface area contributed by atoms with Crippen LogP contribution in [0.15, 0.2) is 48.5 Å². The minimum Gasteiger partial charge on any atom is -0.495 e. The van der Waals surface area contributed by atoms with Gasteiger partial charge >= 0.3 is 0 Å². The third-order valence-electron chi connectivity index (χ3n) is 3.83. The summed E-state index contributed by atoms with van der Waals surface area (Å²) in [7, 11) is 1.54. The van der Waals surface area contributed by atoms with E-state index in [0.717, 1.165) is 5.56 Å². The minimum atomic E-state index is -0.472. The summed E-state index contributed by atoms with van der Waals surface area (Å²) in [5.41, 5.74) is 2.13. The number of nitrogens with one attached hydrogen (secondary N) is 1. The number of carbonyl (C=O) groups excluding carboxylic acids is 1. The van der Waals surface area contributed by atoms with Crippen LogP contribution >= 0.6 is 0 Å². The number of nitro benzene ring substituents is 1. The van der Waals surface area contributed by atoms with Crippen LogP contribution in [0.1, 0.15) is 31.9 Å². The van der Waals surface area contributed by atoms with Gasteiger partial charge in [0.25, 0.3) is 5.69 Å². The number of amides is 1. The van der Waals surface area contributed by atoms with E-state index in [4.69, 9.17) is 4.74 Å². The molecule has 136 valence electrons. The SMILES string of the molecule is COc1ccc(C(C)(C)C)cc1NC(=O)/C=C/c1cccc([N+](=O)[O-])c1. The zero-order valence-electron chi connectivity index (χ0n) is 15.3. The Hall–Kier alpha value is -3.15. The molecule has 2 aromatic carbocycles. The number of nitro groups is 1. The van der Waals surface area contributed by atoms with E-state index in [1.54, 1.807) is 19.2 Å². The smallest absolute Gasteiger partial charge is 0.270 e. The largest absolute Gasteiger partial charge is 0.495 e. The van der Waals surface area contributed by atoms with Gasteiger partial charge in [-0.05, 0) is 34.8 Å². The van der Waals surface area contributed by atoms with Gasteiger partial charge in [-0.15, -0.1) is 0 Å². The third kappa shape index (κ3) is 4.92. The van der Waals surface area contributed by atoms with Crippen molar-refractivity contribution in [3.05, 3.63) is 69.8 Å². The van der Waals surface area contributed by atoms with E-state index >= 15 is 0 Å². The van der Waals surface area contributed by atoms with Crippen LogP contribution in [-0.4, -0.2) is 17.9 Å². The highest BCUT2D eigenvalue weighted by atomic mass is 16.6. The highest BCUT2D eigenvalue weighted by molar-refractivity contribution is 6.02. The molecule has 0 radical (unpaired) electrons. The molecule has 1 amide bonds. The van der Waals surface area contributed by atoms with Crippen molar-refractivity contribution in [3.8, 4) is 5.75 Å². The first-order valence-electron chi connectivity index (χ1n) is 8.13. The molecule has 0 spiro atoms. The Morgan fingerprint density at radius 3 is 2.54 bits per heavy atom. The molecular weight excluding hydrogens is 332 g/mol. The zero-order valence-corrected chi connectivity index (χ0v) is 15.3. The van der Waals surface area contributed by atoms with Crippen molar-refractivity contribution in [3.63, 3.8) is 0 Å². The quantitative estimate of drug-likeness (QED) is 0.485. The number of benzene rings is 2. The van der Waals surface area contributed by atoms with Crippen molar-refractivity contribution < 1.29 is 14.5 Å². The summed E-state index contributed by atoms with van der Waals surface area (Å²) in [6.07, 6.45) is 2.87. The van der Waals surface area contributed by atoms with Gasteiger partial charge in [0.05, 0.1) is 17.7 Å². The second-order valence-electron chi connectivity index (χ2n) is 6.84. The van der Waals surface area contributed by atoms with E-state index in [2.05, 4.69) is 26.1 Å². The predicted molar refractivity (Wildman–Crippen MR) is 102 cm³/mol. The Bertz CT molecular complexity index is 851. The fourth-order valence-corrected chi connectivity index (χ4v) is 2.36. The number of non-ortho nitro benzene ring substituents is 1. The number of hydrogen-bond acceptors (Lipinski definition) is 4. The van der Waals surface area contributed by atoms with E-state index < -0.39 is 4.92 Å². The minimum absolute atomic E-state index is 0.0212. The molecule has 0 saturated carbocycles. The Morgan fingerprint density at radius 2 is 1.92 bits per heavy atom. The molecule has 6 nitrogen and oxygen atoms in total. The van der Waals surface area contributed by atoms with E-state index in [0.29, 0.717) is 17.0 Å². The van der Waals surface area contributed by atoms with Gasteiger partial charge in [0.15, 0.2) is 0 Å². The highest BCUT2D eigenvalue weighted by Gasteiger charge is 2.16. The van der Waals surface area contributed by atoms with Crippen LogP contribution in [-0.2, 0) is 10.2 Å². The summed E-state index contributed by atoms with van der Waals surface area (Å²) in [5, 5.41) is 13.6. The Labute approximate surface area is 152 Å². The average Bonchev–Trinajstić information content (AvgIpc) is 2.59. The van der Waals surface area contributed by atoms with Crippen molar-refractivity contribution in [2.45, 2.75) is 26.2 Å². The van der Waals surface area contributed by atoms with E-state index in [1.165, 1.54) is 24.3 Å². The number of methoxy groups -OCH3 is 1. The maximum atomic E-state index is 12.2. The molecular formula is C20H22N2O4. The fourth-order valence-electron chi connectivity index (χ4n) is 2.36. The summed E-state index contributed by atoms with van der Waals surface area (Å²) in [6, 6.07) is 11.7. The average molecular weight is 354 g/mol.